The van der Waals surface area contributed by atoms with Crippen molar-refractivity contribution in [3.8, 4) is 0 Å². The van der Waals surface area contributed by atoms with Gasteiger partial charge in [-0.1, -0.05) is 95.8 Å². The summed E-state index contributed by atoms with van der Waals surface area (Å²) in [6, 6.07) is 7.85. The second kappa shape index (κ2) is 13.7. The maximum Gasteiger partial charge on any atom is 0.311 e. The zero-order chi connectivity index (χ0) is 17.6. The van der Waals surface area contributed by atoms with E-state index >= 15 is 0 Å². The molecule has 24 heavy (non-hydrogen) atoms. The first kappa shape index (κ1) is 21.5. The smallest absolute Gasteiger partial charge is 0.311 e. The van der Waals surface area contributed by atoms with E-state index in [2.05, 4.69) is 29.5 Å². The molecule has 0 fully saturated rings. The van der Waals surface area contributed by atoms with E-state index in [1.54, 1.807) is 0 Å². The molecule has 1 aromatic rings. The lowest BCUT2D eigenvalue weighted by Crippen LogP contribution is -2.13. The van der Waals surface area contributed by atoms with E-state index in [9.17, 15) is 9.90 Å². The number of rotatable bonds is 14. The van der Waals surface area contributed by atoms with Crippen molar-refractivity contribution in [2.45, 2.75) is 89.9 Å². The lowest BCUT2D eigenvalue weighted by atomic mass is 9.93. The van der Waals surface area contributed by atoms with E-state index in [1.165, 1.54) is 57.8 Å². The molecule has 0 spiro atoms. The highest BCUT2D eigenvalue weighted by molar-refractivity contribution is 14.1. The third-order valence-electron chi connectivity index (χ3n) is 4.68. The second-order valence-electron chi connectivity index (χ2n) is 6.74. The molecule has 0 heterocycles. The fraction of sp³-hybridized carbons (Fsp3) is 0.667. The van der Waals surface area contributed by atoms with Crippen LogP contribution >= 0.6 is 22.6 Å². The molecule has 0 aliphatic heterocycles. The maximum atomic E-state index is 11.6. The van der Waals surface area contributed by atoms with Crippen molar-refractivity contribution in [2.24, 2.45) is 0 Å². The first-order valence-corrected chi connectivity index (χ1v) is 10.7. The zero-order valence-electron chi connectivity index (χ0n) is 15.1. The molecule has 0 amide bonds. The zero-order valence-corrected chi connectivity index (χ0v) is 17.3. The first-order valence-electron chi connectivity index (χ1n) is 9.64. The van der Waals surface area contributed by atoms with E-state index in [1.807, 2.05) is 24.3 Å². The van der Waals surface area contributed by atoms with E-state index < -0.39 is 5.97 Å². The topological polar surface area (TPSA) is 37.3 Å². The number of hydrogen-bond acceptors (Lipinski definition) is 1. The Morgan fingerprint density at radius 1 is 0.917 bits per heavy atom. The van der Waals surface area contributed by atoms with Gasteiger partial charge in [0.25, 0.3) is 0 Å². The second-order valence-corrected chi connectivity index (χ2v) is 7.90. The Balaban J connectivity index is 2.12. The number of carbonyl (C=O) groups is 1. The van der Waals surface area contributed by atoms with Gasteiger partial charge in [-0.05, 0) is 40.6 Å². The molecule has 136 valence electrons. The van der Waals surface area contributed by atoms with Crippen molar-refractivity contribution in [1.82, 2.24) is 0 Å². The van der Waals surface area contributed by atoms with Gasteiger partial charge in [0.05, 0.1) is 5.92 Å². The molecule has 0 saturated heterocycles. The van der Waals surface area contributed by atoms with Gasteiger partial charge in [0.1, 0.15) is 0 Å². The molecule has 0 aliphatic rings. The molecule has 1 atom stereocenters. The lowest BCUT2D eigenvalue weighted by Gasteiger charge is -2.14. The van der Waals surface area contributed by atoms with Crippen molar-refractivity contribution in [3.05, 3.63) is 33.4 Å². The van der Waals surface area contributed by atoms with Crippen LogP contribution in [0.1, 0.15) is 95.5 Å². The Morgan fingerprint density at radius 2 is 1.42 bits per heavy atom. The van der Waals surface area contributed by atoms with Crippen molar-refractivity contribution >= 4 is 28.6 Å². The van der Waals surface area contributed by atoms with Gasteiger partial charge in [-0.15, -0.1) is 0 Å². The van der Waals surface area contributed by atoms with E-state index in [0.717, 1.165) is 28.4 Å². The number of hydrogen-bond donors (Lipinski definition) is 1. The fourth-order valence-electron chi connectivity index (χ4n) is 3.18. The summed E-state index contributed by atoms with van der Waals surface area (Å²) < 4.78 is 1.06. The molecule has 1 rings (SSSR count). The predicted molar refractivity (Wildman–Crippen MR) is 111 cm³/mol. The van der Waals surface area contributed by atoms with Gasteiger partial charge in [0, 0.05) is 3.57 Å². The maximum absolute atomic E-state index is 11.6. The molecule has 2 nitrogen and oxygen atoms in total. The van der Waals surface area contributed by atoms with Gasteiger partial charge < -0.3 is 5.11 Å². The Bertz CT molecular complexity index is 459. The Labute approximate surface area is 161 Å². The molecule has 0 saturated carbocycles. The van der Waals surface area contributed by atoms with Crippen LogP contribution in [0, 0.1) is 3.57 Å². The third-order valence-corrected chi connectivity index (χ3v) is 5.66. The van der Waals surface area contributed by atoms with Crippen molar-refractivity contribution in [2.75, 3.05) is 0 Å². The minimum Gasteiger partial charge on any atom is -0.481 e. The van der Waals surface area contributed by atoms with Crippen LogP contribution in [-0.4, -0.2) is 11.1 Å². The van der Waals surface area contributed by atoms with Crippen LogP contribution in [0.4, 0.5) is 0 Å². The SMILES string of the molecule is CCCCCCCCCCCCCC(C(=O)O)c1ccccc1I. The highest BCUT2D eigenvalue weighted by Gasteiger charge is 2.21. The molecule has 0 aromatic heterocycles. The molecular weight excluding hydrogens is 411 g/mol. The Morgan fingerprint density at radius 3 is 1.92 bits per heavy atom. The van der Waals surface area contributed by atoms with Crippen molar-refractivity contribution in [3.63, 3.8) is 0 Å². The third kappa shape index (κ3) is 9.05. The van der Waals surface area contributed by atoms with Crippen molar-refractivity contribution < 1.29 is 9.90 Å². The molecule has 1 unspecified atom stereocenters. The first-order chi connectivity index (χ1) is 11.7. The molecule has 0 radical (unpaired) electrons. The van der Waals surface area contributed by atoms with Gasteiger partial charge in [-0.25, -0.2) is 0 Å². The predicted octanol–water partition coefficient (Wildman–Crippen LogP) is 7.16. The highest BCUT2D eigenvalue weighted by Crippen LogP contribution is 2.27. The largest absolute Gasteiger partial charge is 0.481 e. The average Bonchev–Trinajstić information content (AvgIpc) is 2.57. The van der Waals surface area contributed by atoms with Crippen molar-refractivity contribution in [1.29, 1.82) is 0 Å². The van der Waals surface area contributed by atoms with Crippen LogP contribution in [0.3, 0.4) is 0 Å². The molecule has 1 N–H and O–H groups in total. The fourth-order valence-corrected chi connectivity index (χ4v) is 3.95. The summed E-state index contributed by atoms with van der Waals surface area (Å²) in [6.07, 6.45) is 15.0. The molecular formula is C21H33IO2. The average molecular weight is 444 g/mol. The highest BCUT2D eigenvalue weighted by atomic mass is 127. The van der Waals surface area contributed by atoms with Crippen LogP contribution in [-0.2, 0) is 4.79 Å². The minimum atomic E-state index is -0.689. The monoisotopic (exact) mass is 444 g/mol. The molecule has 1 aromatic carbocycles. The summed E-state index contributed by atoms with van der Waals surface area (Å²) >= 11 is 2.24. The Hall–Kier alpha value is -0.580. The van der Waals surface area contributed by atoms with Crippen LogP contribution in [0.15, 0.2) is 24.3 Å². The van der Waals surface area contributed by atoms with Gasteiger partial charge in [0.15, 0.2) is 0 Å². The summed E-state index contributed by atoms with van der Waals surface area (Å²) in [7, 11) is 0. The number of carboxylic acid groups (broad SMARTS) is 1. The normalized spacial score (nSPS) is 12.2. The summed E-state index contributed by atoms with van der Waals surface area (Å²) in [5.41, 5.74) is 0.970. The standard InChI is InChI=1S/C21H33IO2/c1-2-3-4-5-6-7-8-9-10-11-12-16-19(21(23)24)18-15-13-14-17-20(18)22/h13-15,17,19H,2-12,16H2,1H3,(H,23,24). The number of benzene rings is 1. The summed E-state index contributed by atoms with van der Waals surface area (Å²) in [5, 5.41) is 9.51. The number of aliphatic carboxylic acids is 1. The van der Waals surface area contributed by atoms with E-state index in [-0.39, 0.29) is 5.92 Å². The Kier molecular flexibility index (Phi) is 12.2. The van der Waals surface area contributed by atoms with Crippen LogP contribution < -0.4 is 0 Å². The number of halogens is 1. The van der Waals surface area contributed by atoms with Crippen LogP contribution in [0.2, 0.25) is 0 Å². The summed E-state index contributed by atoms with van der Waals surface area (Å²) in [5.74, 6) is -1.04. The number of unbranched alkanes of at least 4 members (excludes halogenated alkanes) is 10. The minimum absolute atomic E-state index is 0.350. The summed E-state index contributed by atoms with van der Waals surface area (Å²) in [6.45, 7) is 2.26. The van der Waals surface area contributed by atoms with E-state index in [0.29, 0.717) is 0 Å². The quantitative estimate of drug-likeness (QED) is 0.244. The van der Waals surface area contributed by atoms with Gasteiger partial charge in [-0.2, -0.15) is 0 Å². The molecule has 0 bridgehead atoms. The van der Waals surface area contributed by atoms with Crippen LogP contribution in [0.5, 0.6) is 0 Å². The molecule has 0 aliphatic carbocycles. The van der Waals surface area contributed by atoms with Gasteiger partial charge >= 0.3 is 5.97 Å². The summed E-state index contributed by atoms with van der Waals surface area (Å²) in [4.78, 5) is 11.6. The van der Waals surface area contributed by atoms with E-state index in [4.69, 9.17) is 0 Å². The lowest BCUT2D eigenvalue weighted by molar-refractivity contribution is -0.139. The number of carboxylic acids is 1. The molecule has 3 heteroatoms. The van der Waals surface area contributed by atoms with Gasteiger partial charge in [0.2, 0.25) is 0 Å². The van der Waals surface area contributed by atoms with Crippen LogP contribution in [0.25, 0.3) is 0 Å². The van der Waals surface area contributed by atoms with Gasteiger partial charge in [-0.3, -0.25) is 4.79 Å².